The van der Waals surface area contributed by atoms with Crippen molar-refractivity contribution in [3.8, 4) is 0 Å². The zero-order chi connectivity index (χ0) is 14.7. The molecule has 0 aliphatic carbocycles. The predicted octanol–water partition coefficient (Wildman–Crippen LogP) is 1.44. The molecule has 1 aliphatic rings. The number of nitrogens with zero attached hydrogens (tertiary/aromatic N) is 6. The lowest BCUT2D eigenvalue weighted by Crippen LogP contribution is -2.39. The molecule has 0 unspecified atom stereocenters. The maximum Gasteiger partial charge on any atom is 0.200 e. The smallest absolute Gasteiger partial charge is 0.200 e. The van der Waals surface area contributed by atoms with Gasteiger partial charge in [-0.15, -0.1) is 14.8 Å². The summed E-state index contributed by atoms with van der Waals surface area (Å²) in [5.41, 5.74) is 0.666. The largest absolute Gasteiger partial charge is 0.367 e. The van der Waals surface area contributed by atoms with Crippen LogP contribution in [0.2, 0.25) is 0 Å². The molecule has 3 rings (SSSR count). The lowest BCUT2D eigenvalue weighted by Gasteiger charge is -2.29. The summed E-state index contributed by atoms with van der Waals surface area (Å²) in [6, 6.07) is 4.38. The van der Waals surface area contributed by atoms with Gasteiger partial charge in [0.1, 0.15) is 5.82 Å². The molecule has 0 radical (unpaired) electrons. The van der Waals surface area contributed by atoms with Crippen LogP contribution in [-0.4, -0.2) is 55.8 Å². The van der Waals surface area contributed by atoms with E-state index in [9.17, 15) is 0 Å². The standard InChI is InChI=1S/C14H23N7/c1-11(2)9-12(20-7-3-4-8-20)10-15-13-5-6-14-16-18-19-21(14)17-13/h5-6,11-12H,3-4,7-10H2,1-2H3,(H,15,17)/t12-/m0/s1. The second-order valence-electron chi connectivity index (χ2n) is 6.15. The second kappa shape index (κ2) is 6.34. The summed E-state index contributed by atoms with van der Waals surface area (Å²) in [6.45, 7) is 7.93. The number of tetrazole rings is 1. The maximum absolute atomic E-state index is 4.36. The molecule has 2 aromatic heterocycles. The Morgan fingerprint density at radius 1 is 1.24 bits per heavy atom. The number of hydrogen-bond donors (Lipinski definition) is 1. The molecule has 2 aromatic rings. The van der Waals surface area contributed by atoms with Gasteiger partial charge in [0.25, 0.3) is 0 Å². The number of likely N-dealkylation sites (tertiary alicyclic amines) is 1. The molecule has 1 atom stereocenters. The van der Waals surface area contributed by atoms with E-state index in [1.54, 1.807) is 0 Å². The number of hydrogen-bond acceptors (Lipinski definition) is 6. The Morgan fingerprint density at radius 2 is 2.05 bits per heavy atom. The van der Waals surface area contributed by atoms with Crippen molar-refractivity contribution in [3.05, 3.63) is 12.1 Å². The van der Waals surface area contributed by atoms with Gasteiger partial charge in [0.05, 0.1) is 0 Å². The van der Waals surface area contributed by atoms with Gasteiger partial charge in [-0.1, -0.05) is 13.8 Å². The third kappa shape index (κ3) is 3.47. The highest BCUT2D eigenvalue weighted by atomic mass is 15.6. The first-order valence-electron chi connectivity index (χ1n) is 7.76. The summed E-state index contributed by atoms with van der Waals surface area (Å²) in [7, 11) is 0. The van der Waals surface area contributed by atoms with E-state index in [0.717, 1.165) is 12.4 Å². The van der Waals surface area contributed by atoms with Gasteiger partial charge in [-0.3, -0.25) is 4.90 Å². The first-order valence-corrected chi connectivity index (χ1v) is 7.76. The summed E-state index contributed by atoms with van der Waals surface area (Å²) >= 11 is 0. The molecule has 0 saturated carbocycles. The zero-order valence-electron chi connectivity index (χ0n) is 12.7. The van der Waals surface area contributed by atoms with E-state index in [2.05, 4.69) is 44.7 Å². The Balaban J connectivity index is 1.64. The zero-order valence-corrected chi connectivity index (χ0v) is 12.7. The fourth-order valence-corrected chi connectivity index (χ4v) is 2.98. The van der Waals surface area contributed by atoms with Crippen molar-refractivity contribution in [1.82, 2.24) is 30.2 Å². The molecule has 0 amide bonds. The summed E-state index contributed by atoms with van der Waals surface area (Å²) < 4.78 is 1.45. The van der Waals surface area contributed by atoms with Gasteiger partial charge < -0.3 is 5.32 Å². The monoisotopic (exact) mass is 289 g/mol. The van der Waals surface area contributed by atoms with Crippen LogP contribution in [0.25, 0.3) is 5.65 Å². The second-order valence-corrected chi connectivity index (χ2v) is 6.15. The van der Waals surface area contributed by atoms with E-state index in [4.69, 9.17) is 0 Å². The highest BCUT2D eigenvalue weighted by Gasteiger charge is 2.22. The van der Waals surface area contributed by atoms with Crippen molar-refractivity contribution in [2.75, 3.05) is 25.0 Å². The number of nitrogens with one attached hydrogen (secondary N) is 1. The minimum atomic E-state index is 0.568. The molecule has 1 saturated heterocycles. The molecular weight excluding hydrogens is 266 g/mol. The molecule has 3 heterocycles. The topological polar surface area (TPSA) is 71.2 Å². The van der Waals surface area contributed by atoms with Gasteiger partial charge in [0.2, 0.25) is 0 Å². The van der Waals surface area contributed by atoms with Gasteiger partial charge in [-0.25, -0.2) is 0 Å². The molecule has 1 fully saturated rings. The molecule has 0 bridgehead atoms. The Morgan fingerprint density at radius 3 is 2.81 bits per heavy atom. The van der Waals surface area contributed by atoms with Crippen molar-refractivity contribution in [3.63, 3.8) is 0 Å². The highest BCUT2D eigenvalue weighted by molar-refractivity contribution is 5.42. The van der Waals surface area contributed by atoms with E-state index < -0.39 is 0 Å². The average Bonchev–Trinajstić information content (AvgIpc) is 3.13. The van der Waals surface area contributed by atoms with Crippen LogP contribution in [0.4, 0.5) is 5.82 Å². The lowest BCUT2D eigenvalue weighted by molar-refractivity contribution is 0.222. The maximum atomic E-state index is 4.36. The average molecular weight is 289 g/mol. The molecule has 0 aromatic carbocycles. The van der Waals surface area contributed by atoms with Crippen LogP contribution in [0, 0.1) is 5.92 Å². The van der Waals surface area contributed by atoms with Crippen LogP contribution >= 0.6 is 0 Å². The molecule has 21 heavy (non-hydrogen) atoms. The molecule has 7 heteroatoms. The molecular formula is C14H23N7. The van der Waals surface area contributed by atoms with Gasteiger partial charge in [-0.2, -0.15) is 0 Å². The molecule has 0 spiro atoms. The van der Waals surface area contributed by atoms with Crippen molar-refractivity contribution in [2.24, 2.45) is 5.92 Å². The quantitative estimate of drug-likeness (QED) is 0.867. The number of aromatic nitrogens is 5. The predicted molar refractivity (Wildman–Crippen MR) is 81.1 cm³/mol. The van der Waals surface area contributed by atoms with Crippen molar-refractivity contribution < 1.29 is 0 Å². The van der Waals surface area contributed by atoms with E-state index in [1.165, 1.54) is 37.0 Å². The van der Waals surface area contributed by atoms with Crippen LogP contribution in [0.15, 0.2) is 12.1 Å². The van der Waals surface area contributed by atoms with Gasteiger partial charge in [0.15, 0.2) is 5.65 Å². The van der Waals surface area contributed by atoms with Crippen LogP contribution in [0.1, 0.15) is 33.1 Å². The third-order valence-electron chi connectivity index (χ3n) is 3.99. The Kier molecular flexibility index (Phi) is 4.28. The summed E-state index contributed by atoms with van der Waals surface area (Å²) in [5, 5.41) is 19.1. The van der Waals surface area contributed by atoms with Crippen LogP contribution < -0.4 is 5.32 Å². The van der Waals surface area contributed by atoms with E-state index in [-0.39, 0.29) is 0 Å². The van der Waals surface area contributed by atoms with Crippen molar-refractivity contribution in [1.29, 1.82) is 0 Å². The normalized spacial score (nSPS) is 17.7. The van der Waals surface area contributed by atoms with Crippen LogP contribution in [0.3, 0.4) is 0 Å². The minimum absolute atomic E-state index is 0.568. The fourth-order valence-electron chi connectivity index (χ4n) is 2.98. The van der Waals surface area contributed by atoms with Crippen molar-refractivity contribution >= 4 is 11.5 Å². The Hall–Kier alpha value is -1.76. The highest BCUT2D eigenvalue weighted by Crippen LogP contribution is 2.18. The first kappa shape index (κ1) is 14.2. The number of fused-ring (bicyclic) bond motifs is 1. The Labute approximate surface area is 124 Å². The van der Waals surface area contributed by atoms with Gasteiger partial charge in [-0.05, 0) is 60.8 Å². The van der Waals surface area contributed by atoms with E-state index in [0.29, 0.717) is 17.6 Å². The number of anilines is 1. The van der Waals surface area contributed by atoms with Crippen molar-refractivity contribution in [2.45, 2.75) is 39.2 Å². The van der Waals surface area contributed by atoms with E-state index >= 15 is 0 Å². The molecule has 1 aliphatic heterocycles. The van der Waals surface area contributed by atoms with Crippen LogP contribution in [-0.2, 0) is 0 Å². The SMILES string of the molecule is CC(C)C[C@@H](CNc1ccc2nnnn2n1)N1CCCC1. The summed E-state index contributed by atoms with van der Waals surface area (Å²) in [6.07, 6.45) is 3.85. The molecule has 114 valence electrons. The number of rotatable bonds is 6. The van der Waals surface area contributed by atoms with Gasteiger partial charge >= 0.3 is 0 Å². The minimum Gasteiger partial charge on any atom is -0.367 e. The van der Waals surface area contributed by atoms with Gasteiger partial charge in [0, 0.05) is 12.6 Å². The first-order chi connectivity index (χ1) is 10.2. The van der Waals surface area contributed by atoms with Crippen LogP contribution in [0.5, 0.6) is 0 Å². The fraction of sp³-hybridized carbons (Fsp3) is 0.714. The summed E-state index contributed by atoms with van der Waals surface area (Å²) in [5.74, 6) is 1.52. The van der Waals surface area contributed by atoms with E-state index in [1.807, 2.05) is 12.1 Å². The Bertz CT molecular complexity index is 573. The molecule has 7 nitrogen and oxygen atoms in total. The third-order valence-corrected chi connectivity index (χ3v) is 3.99. The molecule has 1 N–H and O–H groups in total. The lowest BCUT2D eigenvalue weighted by atomic mass is 10.0. The summed E-state index contributed by atoms with van der Waals surface area (Å²) in [4.78, 5) is 2.60.